The molecule has 1 aliphatic carbocycles. The first-order valence-electron chi connectivity index (χ1n) is 7.94. The van der Waals surface area contributed by atoms with E-state index in [0.717, 1.165) is 25.7 Å². The minimum absolute atomic E-state index is 0.230. The summed E-state index contributed by atoms with van der Waals surface area (Å²) in [5, 5.41) is 15.2. The van der Waals surface area contributed by atoms with Gasteiger partial charge in [-0.3, -0.25) is 0 Å². The van der Waals surface area contributed by atoms with Crippen LogP contribution in [0, 0.1) is 0 Å². The van der Waals surface area contributed by atoms with Gasteiger partial charge in [-0.15, -0.1) is 0 Å². The first kappa shape index (κ1) is 12.8. The first-order chi connectivity index (χ1) is 9.67. The van der Waals surface area contributed by atoms with Gasteiger partial charge in [0.15, 0.2) is 0 Å². The molecule has 2 aliphatic heterocycles. The molecule has 0 amide bonds. The second-order valence-corrected chi connectivity index (χ2v) is 7.02. The monoisotopic (exact) mass is 272 g/mol. The lowest BCUT2D eigenvalue weighted by molar-refractivity contribution is -0.0733. The zero-order valence-corrected chi connectivity index (χ0v) is 11.9. The van der Waals surface area contributed by atoms with Crippen LogP contribution in [0.1, 0.15) is 43.2 Å². The molecule has 0 aromatic heterocycles. The van der Waals surface area contributed by atoms with E-state index in [1.807, 2.05) is 0 Å². The van der Waals surface area contributed by atoms with E-state index < -0.39 is 5.60 Å². The summed E-state index contributed by atoms with van der Waals surface area (Å²) in [6.45, 7) is 0.556. The van der Waals surface area contributed by atoms with Gasteiger partial charge >= 0.3 is 0 Å². The van der Waals surface area contributed by atoms with E-state index in [9.17, 15) is 5.11 Å². The van der Waals surface area contributed by atoms with Gasteiger partial charge in [-0.2, -0.15) is 0 Å². The van der Waals surface area contributed by atoms with Crippen LogP contribution in [0.15, 0.2) is 24.3 Å². The molecular formula is C17H24N2O. The van der Waals surface area contributed by atoms with Crippen molar-refractivity contribution in [2.45, 2.75) is 61.6 Å². The SMILES string of the molecule is NCC1(C2(O)CC3CCC(C2)N3)CCc2ccccc21. The van der Waals surface area contributed by atoms with Crippen molar-refractivity contribution < 1.29 is 5.11 Å². The van der Waals surface area contributed by atoms with E-state index in [0.29, 0.717) is 18.6 Å². The highest BCUT2D eigenvalue weighted by atomic mass is 16.3. The van der Waals surface area contributed by atoms with Gasteiger partial charge in [0, 0.05) is 24.0 Å². The average Bonchev–Trinajstić information content (AvgIpc) is 3.00. The normalized spacial score (nSPS) is 42.7. The highest BCUT2D eigenvalue weighted by Gasteiger charge is 2.57. The molecule has 3 heteroatoms. The summed E-state index contributed by atoms with van der Waals surface area (Å²) >= 11 is 0. The third kappa shape index (κ3) is 1.57. The van der Waals surface area contributed by atoms with Gasteiger partial charge < -0.3 is 16.2 Å². The van der Waals surface area contributed by atoms with Crippen molar-refractivity contribution in [3.63, 3.8) is 0 Å². The molecule has 108 valence electrons. The summed E-state index contributed by atoms with van der Waals surface area (Å²) in [4.78, 5) is 0. The van der Waals surface area contributed by atoms with Gasteiger partial charge in [0.1, 0.15) is 0 Å². The highest BCUT2D eigenvalue weighted by Crippen LogP contribution is 2.52. The molecule has 2 saturated heterocycles. The van der Waals surface area contributed by atoms with Crippen LogP contribution >= 0.6 is 0 Å². The molecule has 20 heavy (non-hydrogen) atoms. The maximum absolute atomic E-state index is 11.5. The fourth-order valence-electron chi connectivity index (χ4n) is 5.09. The zero-order chi connectivity index (χ0) is 13.8. The summed E-state index contributed by atoms with van der Waals surface area (Å²) in [6, 6.07) is 9.54. The van der Waals surface area contributed by atoms with Crippen molar-refractivity contribution in [1.29, 1.82) is 0 Å². The Hall–Kier alpha value is -0.900. The molecule has 3 aliphatic rings. The predicted octanol–water partition coefficient (Wildman–Crippen LogP) is 1.47. The fraction of sp³-hybridized carbons (Fsp3) is 0.647. The summed E-state index contributed by atoms with van der Waals surface area (Å²) in [5.41, 5.74) is 8.07. The Morgan fingerprint density at radius 1 is 1.20 bits per heavy atom. The Balaban J connectivity index is 1.79. The number of piperidine rings is 1. The Morgan fingerprint density at radius 2 is 1.90 bits per heavy atom. The molecule has 3 nitrogen and oxygen atoms in total. The molecular weight excluding hydrogens is 248 g/mol. The second-order valence-electron chi connectivity index (χ2n) is 7.02. The van der Waals surface area contributed by atoms with Gasteiger partial charge in [-0.25, -0.2) is 0 Å². The van der Waals surface area contributed by atoms with Crippen molar-refractivity contribution in [3.8, 4) is 0 Å². The highest BCUT2D eigenvalue weighted by molar-refractivity contribution is 5.43. The van der Waals surface area contributed by atoms with Crippen LogP contribution in [0.4, 0.5) is 0 Å². The number of hydrogen-bond acceptors (Lipinski definition) is 3. The van der Waals surface area contributed by atoms with Crippen LogP contribution in [0.25, 0.3) is 0 Å². The van der Waals surface area contributed by atoms with E-state index >= 15 is 0 Å². The predicted molar refractivity (Wildman–Crippen MR) is 79.6 cm³/mol. The smallest absolute Gasteiger partial charge is 0.0785 e. The molecule has 3 unspecified atom stereocenters. The van der Waals surface area contributed by atoms with Crippen molar-refractivity contribution in [3.05, 3.63) is 35.4 Å². The van der Waals surface area contributed by atoms with E-state index in [-0.39, 0.29) is 5.41 Å². The Labute approximate surface area is 120 Å². The Kier molecular flexibility index (Phi) is 2.75. The van der Waals surface area contributed by atoms with Crippen molar-refractivity contribution in [2.75, 3.05) is 6.54 Å². The number of rotatable bonds is 2. The molecule has 4 rings (SSSR count). The van der Waals surface area contributed by atoms with Crippen molar-refractivity contribution in [1.82, 2.24) is 5.32 Å². The molecule has 0 radical (unpaired) electrons. The van der Waals surface area contributed by atoms with E-state index in [2.05, 4.69) is 29.6 Å². The number of hydrogen-bond donors (Lipinski definition) is 3. The molecule has 4 N–H and O–H groups in total. The quantitative estimate of drug-likeness (QED) is 0.764. The zero-order valence-electron chi connectivity index (χ0n) is 11.9. The number of aliphatic hydroxyl groups is 1. The number of fused-ring (bicyclic) bond motifs is 3. The second kappa shape index (κ2) is 4.30. The van der Waals surface area contributed by atoms with Gasteiger partial charge in [0.05, 0.1) is 5.60 Å². The lowest BCUT2D eigenvalue weighted by atomic mass is 9.62. The van der Waals surface area contributed by atoms with Crippen LogP contribution in [-0.2, 0) is 11.8 Å². The maximum atomic E-state index is 11.5. The van der Waals surface area contributed by atoms with E-state index in [4.69, 9.17) is 5.73 Å². The number of nitrogens with one attached hydrogen (secondary N) is 1. The minimum atomic E-state index is -0.633. The van der Waals surface area contributed by atoms with Gasteiger partial charge in [-0.05, 0) is 49.7 Å². The number of benzene rings is 1. The topological polar surface area (TPSA) is 58.3 Å². The molecule has 2 fully saturated rings. The molecule has 2 bridgehead atoms. The van der Waals surface area contributed by atoms with E-state index in [1.165, 1.54) is 24.0 Å². The lowest BCUT2D eigenvalue weighted by Gasteiger charge is -2.50. The Bertz CT molecular complexity index is 517. The molecule has 2 heterocycles. The summed E-state index contributed by atoms with van der Waals surface area (Å²) in [6.07, 6.45) is 6.17. The summed E-state index contributed by atoms with van der Waals surface area (Å²) in [7, 11) is 0. The van der Waals surface area contributed by atoms with E-state index in [1.54, 1.807) is 0 Å². The third-order valence-electron chi connectivity index (χ3n) is 6.10. The van der Waals surface area contributed by atoms with Gasteiger partial charge in [-0.1, -0.05) is 24.3 Å². The van der Waals surface area contributed by atoms with Crippen molar-refractivity contribution in [2.24, 2.45) is 5.73 Å². The maximum Gasteiger partial charge on any atom is 0.0785 e. The van der Waals surface area contributed by atoms with Gasteiger partial charge in [0.25, 0.3) is 0 Å². The standard InChI is InChI=1S/C17H24N2O/c18-11-16(8-7-12-3-1-2-4-15(12)16)17(20)9-13-5-6-14(10-17)19-13/h1-4,13-14,19-20H,5-11,18H2. The van der Waals surface area contributed by atoms with Crippen LogP contribution in [0.2, 0.25) is 0 Å². The molecule has 1 aromatic rings. The molecule has 0 spiro atoms. The Morgan fingerprint density at radius 3 is 2.60 bits per heavy atom. The lowest BCUT2D eigenvalue weighted by Crippen LogP contribution is -2.61. The largest absolute Gasteiger partial charge is 0.389 e. The molecule has 0 saturated carbocycles. The summed E-state index contributed by atoms with van der Waals surface area (Å²) < 4.78 is 0. The average molecular weight is 272 g/mol. The fourth-order valence-corrected chi connectivity index (χ4v) is 5.09. The van der Waals surface area contributed by atoms with Crippen LogP contribution < -0.4 is 11.1 Å². The summed E-state index contributed by atoms with van der Waals surface area (Å²) in [5.74, 6) is 0. The number of aryl methyl sites for hydroxylation is 1. The van der Waals surface area contributed by atoms with Gasteiger partial charge in [0.2, 0.25) is 0 Å². The molecule has 1 aromatic carbocycles. The van der Waals surface area contributed by atoms with Crippen molar-refractivity contribution >= 4 is 0 Å². The third-order valence-corrected chi connectivity index (χ3v) is 6.10. The van der Waals surface area contributed by atoms with Crippen LogP contribution in [-0.4, -0.2) is 29.3 Å². The van der Waals surface area contributed by atoms with Crippen LogP contribution in [0.5, 0.6) is 0 Å². The van der Waals surface area contributed by atoms with Crippen LogP contribution in [0.3, 0.4) is 0 Å². The first-order valence-corrected chi connectivity index (χ1v) is 7.94. The minimum Gasteiger partial charge on any atom is -0.389 e. The molecule has 3 atom stereocenters. The number of nitrogens with two attached hydrogens (primary N) is 1.